The molecule has 0 atom stereocenters. The predicted molar refractivity (Wildman–Crippen MR) is 73.7 cm³/mol. The van der Waals surface area contributed by atoms with Gasteiger partial charge in [-0.3, -0.25) is 4.79 Å². The Kier molecular flexibility index (Phi) is 4.72. The first-order valence-electron chi connectivity index (χ1n) is 6.47. The fourth-order valence-corrected chi connectivity index (χ4v) is 3.38. The fraction of sp³-hybridized carbons (Fsp3) is 0.692. The number of carbonyl (C=O) groups is 1. The van der Waals surface area contributed by atoms with Crippen molar-refractivity contribution in [3.63, 3.8) is 0 Å². The van der Waals surface area contributed by atoms with Gasteiger partial charge in [0.05, 0.1) is 10.6 Å². The van der Waals surface area contributed by atoms with E-state index in [4.69, 9.17) is 4.74 Å². The third-order valence-electron chi connectivity index (χ3n) is 3.45. The first-order chi connectivity index (χ1) is 8.78. The van der Waals surface area contributed by atoms with Crippen LogP contribution in [-0.2, 0) is 11.2 Å². The van der Waals surface area contributed by atoms with Gasteiger partial charge in [0.1, 0.15) is 0 Å². The molecule has 1 fully saturated rings. The van der Waals surface area contributed by atoms with Crippen LogP contribution in [0.4, 0.5) is 5.13 Å². The normalized spacial score (nSPS) is 17.1. The molecule has 0 bridgehead atoms. The third-order valence-corrected chi connectivity index (χ3v) is 4.53. The van der Waals surface area contributed by atoms with Crippen LogP contribution in [-0.4, -0.2) is 38.1 Å². The molecule has 5 heteroatoms. The lowest BCUT2D eigenvalue weighted by molar-refractivity contribution is 0.112. The Bertz CT molecular complexity index is 398. The van der Waals surface area contributed by atoms with Crippen LogP contribution in [0.3, 0.4) is 0 Å². The molecule has 1 aliphatic heterocycles. The van der Waals surface area contributed by atoms with Crippen LogP contribution in [0.5, 0.6) is 0 Å². The van der Waals surface area contributed by atoms with Gasteiger partial charge in [0.2, 0.25) is 0 Å². The van der Waals surface area contributed by atoms with E-state index < -0.39 is 0 Å². The van der Waals surface area contributed by atoms with Crippen LogP contribution in [0.2, 0.25) is 0 Å². The van der Waals surface area contributed by atoms with Crippen LogP contribution in [0.25, 0.3) is 0 Å². The summed E-state index contributed by atoms with van der Waals surface area (Å²) >= 11 is 1.52. The van der Waals surface area contributed by atoms with Crippen molar-refractivity contribution in [2.45, 2.75) is 26.2 Å². The van der Waals surface area contributed by atoms with Gasteiger partial charge in [-0.15, -0.1) is 0 Å². The summed E-state index contributed by atoms with van der Waals surface area (Å²) in [4.78, 5) is 18.6. The molecule has 2 heterocycles. The van der Waals surface area contributed by atoms with Crippen LogP contribution in [0, 0.1) is 5.92 Å². The molecule has 1 aromatic heterocycles. The molecule has 0 unspecified atom stereocenters. The van der Waals surface area contributed by atoms with Crippen LogP contribution in [0.15, 0.2) is 0 Å². The number of nitrogens with zero attached hydrogens (tertiary/aromatic N) is 2. The molecule has 0 N–H and O–H groups in total. The number of ether oxygens (including phenoxy) is 1. The number of methoxy groups -OCH3 is 1. The monoisotopic (exact) mass is 268 g/mol. The Labute approximate surface area is 112 Å². The summed E-state index contributed by atoms with van der Waals surface area (Å²) in [5.41, 5.74) is 0.934. The number of carbonyl (C=O) groups excluding carboxylic acids is 1. The molecule has 100 valence electrons. The van der Waals surface area contributed by atoms with E-state index in [2.05, 4.69) is 9.88 Å². The second kappa shape index (κ2) is 6.29. The minimum Gasteiger partial charge on any atom is -0.384 e. The highest BCUT2D eigenvalue weighted by Gasteiger charge is 2.22. The summed E-state index contributed by atoms with van der Waals surface area (Å²) in [5.74, 6) is 0.669. The summed E-state index contributed by atoms with van der Waals surface area (Å²) < 4.78 is 5.20. The maximum atomic E-state index is 11.0. The molecule has 1 aliphatic rings. The minimum absolute atomic E-state index is 0.669. The first kappa shape index (κ1) is 13.5. The number of hydrogen-bond acceptors (Lipinski definition) is 5. The van der Waals surface area contributed by atoms with Gasteiger partial charge in [-0.25, -0.2) is 4.98 Å². The van der Waals surface area contributed by atoms with E-state index in [0.717, 1.165) is 60.9 Å². The largest absolute Gasteiger partial charge is 0.384 e. The van der Waals surface area contributed by atoms with Gasteiger partial charge in [-0.2, -0.15) is 0 Å². The highest BCUT2D eigenvalue weighted by atomic mass is 32.1. The van der Waals surface area contributed by atoms with Gasteiger partial charge in [-0.05, 0) is 25.2 Å². The second-order valence-corrected chi connectivity index (χ2v) is 5.67. The van der Waals surface area contributed by atoms with Crippen molar-refractivity contribution in [1.82, 2.24) is 4.98 Å². The number of piperidine rings is 1. The van der Waals surface area contributed by atoms with Gasteiger partial charge in [0.25, 0.3) is 0 Å². The fourth-order valence-electron chi connectivity index (χ4n) is 2.36. The molecule has 0 aliphatic carbocycles. The van der Waals surface area contributed by atoms with Crippen molar-refractivity contribution < 1.29 is 9.53 Å². The molecular formula is C13H20N2O2S. The number of thiazole rings is 1. The van der Waals surface area contributed by atoms with Crippen LogP contribution >= 0.6 is 11.3 Å². The van der Waals surface area contributed by atoms with E-state index >= 15 is 0 Å². The van der Waals surface area contributed by atoms with Crippen molar-refractivity contribution >= 4 is 22.8 Å². The van der Waals surface area contributed by atoms with Gasteiger partial charge in [-0.1, -0.05) is 18.3 Å². The van der Waals surface area contributed by atoms with Gasteiger partial charge in [0, 0.05) is 26.8 Å². The van der Waals surface area contributed by atoms with Crippen molar-refractivity contribution in [1.29, 1.82) is 0 Å². The SMILES string of the molecule is CCc1nc(N2CCC(COC)CC2)sc1C=O. The highest BCUT2D eigenvalue weighted by molar-refractivity contribution is 7.17. The number of aryl methyl sites for hydroxylation is 1. The maximum Gasteiger partial charge on any atom is 0.186 e. The Morgan fingerprint density at radius 2 is 2.22 bits per heavy atom. The zero-order valence-electron chi connectivity index (χ0n) is 11.0. The summed E-state index contributed by atoms with van der Waals surface area (Å²) in [6, 6.07) is 0. The molecular weight excluding hydrogens is 248 g/mol. The predicted octanol–water partition coefficient (Wildman–Crippen LogP) is 2.38. The summed E-state index contributed by atoms with van der Waals surface area (Å²) in [6.45, 7) is 4.92. The molecule has 0 radical (unpaired) electrons. The van der Waals surface area contributed by atoms with Gasteiger partial charge in [0.15, 0.2) is 11.4 Å². The lowest BCUT2D eigenvalue weighted by atomic mass is 9.98. The van der Waals surface area contributed by atoms with E-state index in [0.29, 0.717) is 5.92 Å². The number of aromatic nitrogens is 1. The third kappa shape index (κ3) is 2.90. The molecule has 2 rings (SSSR count). The zero-order chi connectivity index (χ0) is 13.0. The molecule has 4 nitrogen and oxygen atoms in total. The van der Waals surface area contributed by atoms with Crippen molar-refractivity contribution in [2.24, 2.45) is 5.92 Å². The lowest BCUT2D eigenvalue weighted by Gasteiger charge is -2.31. The standard InChI is InChI=1S/C13H20N2O2S/c1-3-11-12(8-16)18-13(14-11)15-6-4-10(5-7-15)9-17-2/h8,10H,3-7,9H2,1-2H3. The molecule has 0 spiro atoms. The average molecular weight is 268 g/mol. The van der Waals surface area contributed by atoms with Crippen LogP contribution in [0.1, 0.15) is 35.1 Å². The number of aldehydes is 1. The summed E-state index contributed by atoms with van der Waals surface area (Å²) in [6.07, 6.45) is 4.04. The molecule has 0 amide bonds. The van der Waals surface area contributed by atoms with E-state index in [-0.39, 0.29) is 0 Å². The number of hydrogen-bond donors (Lipinski definition) is 0. The highest BCUT2D eigenvalue weighted by Crippen LogP contribution is 2.29. The molecule has 0 saturated carbocycles. The molecule has 1 aromatic rings. The van der Waals surface area contributed by atoms with E-state index in [9.17, 15) is 4.79 Å². The average Bonchev–Trinajstić information content (AvgIpc) is 2.83. The Morgan fingerprint density at radius 1 is 1.50 bits per heavy atom. The molecule has 18 heavy (non-hydrogen) atoms. The van der Waals surface area contributed by atoms with Gasteiger partial charge < -0.3 is 9.64 Å². The Hall–Kier alpha value is -0.940. The van der Waals surface area contributed by atoms with E-state index in [1.807, 2.05) is 6.92 Å². The molecule has 0 aromatic carbocycles. The maximum absolute atomic E-state index is 11.0. The summed E-state index contributed by atoms with van der Waals surface area (Å²) in [5, 5.41) is 1.00. The van der Waals surface area contributed by atoms with E-state index in [1.54, 1.807) is 7.11 Å². The number of anilines is 1. The van der Waals surface area contributed by atoms with E-state index in [1.165, 1.54) is 11.3 Å². The Balaban J connectivity index is 2.00. The number of rotatable bonds is 5. The van der Waals surface area contributed by atoms with Crippen LogP contribution < -0.4 is 4.90 Å². The van der Waals surface area contributed by atoms with Crippen molar-refractivity contribution in [3.05, 3.63) is 10.6 Å². The van der Waals surface area contributed by atoms with Crippen molar-refractivity contribution in [2.75, 3.05) is 31.7 Å². The zero-order valence-corrected chi connectivity index (χ0v) is 11.8. The summed E-state index contributed by atoms with van der Waals surface area (Å²) in [7, 11) is 1.76. The second-order valence-electron chi connectivity index (χ2n) is 4.66. The van der Waals surface area contributed by atoms with Crippen molar-refractivity contribution in [3.8, 4) is 0 Å². The molecule has 1 saturated heterocycles. The Morgan fingerprint density at radius 3 is 2.72 bits per heavy atom. The minimum atomic E-state index is 0.669. The lowest BCUT2D eigenvalue weighted by Crippen LogP contribution is -2.34. The topological polar surface area (TPSA) is 42.4 Å². The quantitative estimate of drug-likeness (QED) is 0.769. The smallest absolute Gasteiger partial charge is 0.186 e. The first-order valence-corrected chi connectivity index (χ1v) is 7.28. The van der Waals surface area contributed by atoms with Gasteiger partial charge >= 0.3 is 0 Å².